The maximum atomic E-state index is 12.9. The highest BCUT2D eigenvalue weighted by Crippen LogP contribution is 2.24. The third-order valence-corrected chi connectivity index (χ3v) is 7.99. The number of hydrogen-bond acceptors (Lipinski definition) is 9. The van der Waals surface area contributed by atoms with Crippen LogP contribution in [0.1, 0.15) is 36.8 Å². The molecule has 0 bridgehead atoms. The Hall–Kier alpha value is -4.00. The number of nitrogens with zero attached hydrogens (tertiary/aromatic N) is 1. The van der Waals surface area contributed by atoms with Crippen LogP contribution in [0.15, 0.2) is 78.9 Å². The molecule has 11 nitrogen and oxygen atoms in total. The molecule has 2 amide bonds. The second-order valence-electron chi connectivity index (χ2n) is 11.2. The van der Waals surface area contributed by atoms with E-state index >= 15 is 0 Å². The fourth-order valence-electron chi connectivity index (χ4n) is 5.31. The predicted molar refractivity (Wildman–Crippen MR) is 174 cm³/mol. The van der Waals surface area contributed by atoms with Crippen LogP contribution in [0.5, 0.6) is 5.75 Å². The number of hydroxylamine groups is 3. The highest BCUT2D eigenvalue weighted by molar-refractivity contribution is 5.80. The minimum absolute atomic E-state index is 0.120. The molecule has 3 aromatic carbocycles. The van der Waals surface area contributed by atoms with Gasteiger partial charge in [-0.05, 0) is 79.1 Å². The third kappa shape index (κ3) is 11.7. The van der Waals surface area contributed by atoms with Gasteiger partial charge in [-0.2, -0.15) is 5.06 Å². The highest BCUT2D eigenvalue weighted by Gasteiger charge is 2.27. The summed E-state index contributed by atoms with van der Waals surface area (Å²) >= 11 is 0. The van der Waals surface area contributed by atoms with Gasteiger partial charge in [0.15, 0.2) is 0 Å². The summed E-state index contributed by atoms with van der Waals surface area (Å²) in [4.78, 5) is 31.3. The molecule has 1 aliphatic rings. The van der Waals surface area contributed by atoms with Crippen LogP contribution < -0.4 is 20.9 Å². The molecule has 0 saturated carbocycles. The minimum atomic E-state index is -0.907. The Kier molecular flexibility index (Phi) is 14.8. The smallest absolute Gasteiger partial charge is 0.407 e. The molecule has 0 radical (unpaired) electrons. The topological polar surface area (TPSA) is 131 Å². The first-order valence-corrected chi connectivity index (χ1v) is 15.9. The third-order valence-electron chi connectivity index (χ3n) is 7.99. The zero-order valence-corrected chi connectivity index (χ0v) is 26.5. The SMILES string of the molecule is COc1ccc(-c2ccc(CN(OCCOCCC3CCNCC3)[C@H](CCNC(=O)OCc3ccccc3)C(=O)NO)cc2)cc1. The Morgan fingerprint density at radius 3 is 2.28 bits per heavy atom. The van der Waals surface area contributed by atoms with Crippen molar-refractivity contribution in [2.45, 2.75) is 44.9 Å². The van der Waals surface area contributed by atoms with E-state index in [2.05, 4.69) is 10.6 Å². The maximum absolute atomic E-state index is 12.9. The largest absolute Gasteiger partial charge is 0.497 e. The fraction of sp³-hybridized carbons (Fsp3) is 0.429. The molecule has 0 spiro atoms. The van der Waals surface area contributed by atoms with Crippen LogP contribution in [0.3, 0.4) is 0 Å². The Morgan fingerprint density at radius 1 is 0.913 bits per heavy atom. The van der Waals surface area contributed by atoms with Gasteiger partial charge in [-0.25, -0.2) is 10.3 Å². The molecule has 1 heterocycles. The van der Waals surface area contributed by atoms with Gasteiger partial charge in [0.2, 0.25) is 0 Å². The van der Waals surface area contributed by atoms with E-state index in [4.69, 9.17) is 19.0 Å². The number of methoxy groups -OCH3 is 1. The summed E-state index contributed by atoms with van der Waals surface area (Å²) < 4.78 is 16.4. The van der Waals surface area contributed by atoms with Crippen LogP contribution in [0.2, 0.25) is 0 Å². The van der Waals surface area contributed by atoms with Gasteiger partial charge in [0.1, 0.15) is 18.4 Å². The van der Waals surface area contributed by atoms with Gasteiger partial charge in [-0.15, -0.1) is 0 Å². The number of carbonyl (C=O) groups excluding carboxylic acids is 2. The molecule has 0 aromatic heterocycles. The zero-order valence-electron chi connectivity index (χ0n) is 26.5. The summed E-state index contributed by atoms with van der Waals surface area (Å²) in [5.41, 5.74) is 5.59. The molecule has 46 heavy (non-hydrogen) atoms. The first-order valence-electron chi connectivity index (χ1n) is 15.9. The average Bonchev–Trinajstić information content (AvgIpc) is 3.11. The summed E-state index contributed by atoms with van der Waals surface area (Å²) in [7, 11) is 1.64. The molecular formula is C35H46N4O7. The first kappa shape index (κ1) is 34.9. The Balaban J connectivity index is 1.35. The molecule has 4 N–H and O–H groups in total. The summed E-state index contributed by atoms with van der Waals surface area (Å²) in [5.74, 6) is 0.806. The van der Waals surface area contributed by atoms with E-state index in [0.717, 1.165) is 60.4 Å². The highest BCUT2D eigenvalue weighted by atomic mass is 16.7. The number of alkyl carbamates (subject to hydrolysis) is 1. The Bertz CT molecular complexity index is 1300. The number of amides is 2. The van der Waals surface area contributed by atoms with Gasteiger partial charge in [-0.1, -0.05) is 66.7 Å². The molecule has 4 rings (SSSR count). The van der Waals surface area contributed by atoms with Gasteiger partial charge >= 0.3 is 6.09 Å². The van der Waals surface area contributed by atoms with Gasteiger partial charge in [0, 0.05) is 19.7 Å². The van der Waals surface area contributed by atoms with Crippen molar-refractivity contribution >= 4 is 12.0 Å². The number of rotatable bonds is 18. The van der Waals surface area contributed by atoms with E-state index in [9.17, 15) is 14.8 Å². The van der Waals surface area contributed by atoms with Crippen LogP contribution in [-0.2, 0) is 32.3 Å². The molecule has 248 valence electrons. The number of carbonyl (C=O) groups is 2. The van der Waals surface area contributed by atoms with Crippen LogP contribution in [-0.4, -0.2) is 74.9 Å². The van der Waals surface area contributed by atoms with E-state index < -0.39 is 18.0 Å². The molecule has 1 aliphatic heterocycles. The van der Waals surface area contributed by atoms with Crippen LogP contribution in [0.4, 0.5) is 4.79 Å². The van der Waals surface area contributed by atoms with Crippen molar-refractivity contribution in [3.05, 3.63) is 90.0 Å². The van der Waals surface area contributed by atoms with E-state index in [1.165, 1.54) is 5.06 Å². The standard InChI is InChI=1S/C35H46N4O7/c1-43-32-13-11-31(12-14-32)30-9-7-28(8-10-30)25-39(46-24-23-44-22-18-27-15-19-36-20-16-27)33(34(40)38-42)17-21-37-35(41)45-26-29-5-3-2-4-6-29/h2-14,27,33,36,42H,15-26H2,1H3,(H,37,41)(H,38,40)/t33-/m1/s1. The summed E-state index contributed by atoms with van der Waals surface area (Å²) in [6.45, 7) is 3.84. The molecule has 0 aliphatic carbocycles. The van der Waals surface area contributed by atoms with Crippen molar-refractivity contribution in [1.29, 1.82) is 0 Å². The number of piperidine rings is 1. The fourth-order valence-corrected chi connectivity index (χ4v) is 5.31. The van der Waals surface area contributed by atoms with Crippen molar-refractivity contribution in [1.82, 2.24) is 21.2 Å². The lowest BCUT2D eigenvalue weighted by atomic mass is 9.95. The molecular weight excluding hydrogens is 588 g/mol. The van der Waals surface area contributed by atoms with Gasteiger partial charge in [0.25, 0.3) is 5.91 Å². The van der Waals surface area contributed by atoms with Gasteiger partial charge in [-0.3, -0.25) is 14.8 Å². The molecule has 1 atom stereocenters. The van der Waals surface area contributed by atoms with E-state index in [1.807, 2.05) is 78.9 Å². The van der Waals surface area contributed by atoms with Crippen molar-refractivity contribution < 1.29 is 33.8 Å². The molecule has 11 heteroatoms. The number of nitrogens with one attached hydrogen (secondary N) is 3. The molecule has 1 saturated heterocycles. The van der Waals surface area contributed by atoms with E-state index in [1.54, 1.807) is 12.6 Å². The first-order chi connectivity index (χ1) is 22.6. The van der Waals surface area contributed by atoms with Crippen molar-refractivity contribution in [3.63, 3.8) is 0 Å². The van der Waals surface area contributed by atoms with Crippen molar-refractivity contribution in [2.24, 2.45) is 5.92 Å². The van der Waals surface area contributed by atoms with Gasteiger partial charge < -0.3 is 24.8 Å². The second kappa shape index (κ2) is 19.5. The van der Waals surface area contributed by atoms with Gasteiger partial charge in [0.05, 0.1) is 20.3 Å². The molecule has 1 fully saturated rings. The molecule has 3 aromatic rings. The predicted octanol–water partition coefficient (Wildman–Crippen LogP) is 4.69. The summed E-state index contributed by atoms with van der Waals surface area (Å²) in [6, 6.07) is 24.2. The monoisotopic (exact) mass is 634 g/mol. The Labute approximate surface area is 271 Å². The molecule has 0 unspecified atom stereocenters. The minimum Gasteiger partial charge on any atom is -0.497 e. The summed E-state index contributed by atoms with van der Waals surface area (Å²) in [5, 5.41) is 17.2. The number of hydrogen-bond donors (Lipinski definition) is 4. The zero-order chi connectivity index (χ0) is 32.4. The van der Waals surface area contributed by atoms with E-state index in [-0.39, 0.29) is 32.7 Å². The average molecular weight is 635 g/mol. The van der Waals surface area contributed by atoms with Crippen LogP contribution in [0, 0.1) is 5.92 Å². The lowest BCUT2D eigenvalue weighted by Crippen LogP contribution is -2.47. The van der Waals surface area contributed by atoms with E-state index in [0.29, 0.717) is 19.1 Å². The van der Waals surface area contributed by atoms with Crippen LogP contribution in [0.25, 0.3) is 11.1 Å². The number of ether oxygens (including phenoxy) is 3. The van der Waals surface area contributed by atoms with Crippen LogP contribution >= 0.6 is 0 Å². The summed E-state index contributed by atoms with van der Waals surface area (Å²) in [6.07, 6.45) is 2.89. The van der Waals surface area contributed by atoms with Crippen molar-refractivity contribution in [3.8, 4) is 16.9 Å². The second-order valence-corrected chi connectivity index (χ2v) is 11.2. The normalized spacial score (nSPS) is 14.1. The Morgan fingerprint density at radius 2 is 1.61 bits per heavy atom. The van der Waals surface area contributed by atoms with Crippen molar-refractivity contribution in [2.75, 3.05) is 46.6 Å². The lowest BCUT2D eigenvalue weighted by molar-refractivity contribution is -0.207. The lowest BCUT2D eigenvalue weighted by Gasteiger charge is -2.29. The maximum Gasteiger partial charge on any atom is 0.407 e. The number of benzene rings is 3. The quantitative estimate of drug-likeness (QED) is 0.0894.